The molecule has 1 unspecified atom stereocenters. The van der Waals surface area contributed by atoms with Crippen molar-refractivity contribution in [1.29, 1.82) is 0 Å². The molecule has 23 heavy (non-hydrogen) atoms. The predicted octanol–water partition coefficient (Wildman–Crippen LogP) is 0.816. The normalized spacial score (nSPS) is 15.7. The van der Waals surface area contributed by atoms with Crippen molar-refractivity contribution in [1.82, 2.24) is 10.8 Å². The monoisotopic (exact) mass is 321 g/mol. The van der Waals surface area contributed by atoms with Crippen LogP contribution in [0.25, 0.3) is 0 Å². The second-order valence-corrected chi connectivity index (χ2v) is 6.48. The van der Waals surface area contributed by atoms with Crippen molar-refractivity contribution >= 4 is 11.8 Å². The summed E-state index contributed by atoms with van der Waals surface area (Å²) in [7, 11) is 0. The van der Waals surface area contributed by atoms with Gasteiger partial charge in [0.15, 0.2) is 0 Å². The van der Waals surface area contributed by atoms with E-state index in [1.165, 1.54) is 18.3 Å². The van der Waals surface area contributed by atoms with Crippen LogP contribution in [0.1, 0.15) is 37.0 Å². The lowest BCUT2D eigenvalue weighted by Gasteiger charge is -2.29. The Labute approximate surface area is 135 Å². The van der Waals surface area contributed by atoms with Gasteiger partial charge in [0.2, 0.25) is 0 Å². The summed E-state index contributed by atoms with van der Waals surface area (Å²) in [5.74, 6) is 0.140. The highest BCUT2D eigenvalue weighted by Crippen LogP contribution is 2.29. The van der Waals surface area contributed by atoms with Crippen molar-refractivity contribution in [3.8, 4) is 5.75 Å². The Kier molecular flexibility index (Phi) is 5.23. The van der Waals surface area contributed by atoms with E-state index in [2.05, 4.69) is 5.32 Å². The fourth-order valence-corrected chi connectivity index (χ4v) is 2.07. The van der Waals surface area contributed by atoms with Crippen LogP contribution in [-0.2, 0) is 4.79 Å². The molecule has 7 heteroatoms. The zero-order valence-corrected chi connectivity index (χ0v) is 13.3. The van der Waals surface area contributed by atoms with Crippen molar-refractivity contribution in [3.63, 3.8) is 0 Å². The second-order valence-electron chi connectivity index (χ2n) is 6.48. The van der Waals surface area contributed by atoms with Crippen molar-refractivity contribution in [2.24, 2.45) is 11.7 Å². The second kappa shape index (κ2) is 6.97. The lowest BCUT2D eigenvalue weighted by Crippen LogP contribution is -2.61. The van der Waals surface area contributed by atoms with E-state index in [1.807, 2.05) is 0 Å². The molecule has 5 N–H and O–H groups in total. The molecule has 126 valence electrons. The topological polar surface area (TPSA) is 114 Å². The van der Waals surface area contributed by atoms with Crippen LogP contribution in [0.5, 0.6) is 5.75 Å². The zero-order valence-electron chi connectivity index (χ0n) is 13.3. The molecule has 2 rings (SSSR count). The molecule has 2 amide bonds. The molecule has 0 spiro atoms. The fraction of sp³-hybridized carbons (Fsp3) is 0.500. The SMILES string of the molecule is CC(C)(N)C(NC(=O)c1ccc(OCC2CC2)cc1)C(=O)NO. The molecule has 0 heterocycles. The van der Waals surface area contributed by atoms with E-state index in [0.29, 0.717) is 23.8 Å². The highest BCUT2D eigenvalue weighted by Gasteiger charge is 2.33. The van der Waals surface area contributed by atoms with E-state index in [-0.39, 0.29) is 0 Å². The molecule has 7 nitrogen and oxygen atoms in total. The summed E-state index contributed by atoms with van der Waals surface area (Å²) in [6.45, 7) is 3.87. The first-order valence-electron chi connectivity index (χ1n) is 7.58. The van der Waals surface area contributed by atoms with Crippen molar-refractivity contribution in [3.05, 3.63) is 29.8 Å². The van der Waals surface area contributed by atoms with Gasteiger partial charge in [0.05, 0.1) is 6.61 Å². The first kappa shape index (κ1) is 17.2. The number of carbonyl (C=O) groups is 2. The number of benzene rings is 1. The maximum atomic E-state index is 12.2. The minimum atomic E-state index is -1.06. The first-order chi connectivity index (χ1) is 10.8. The lowest BCUT2D eigenvalue weighted by molar-refractivity contribution is -0.132. The smallest absolute Gasteiger partial charge is 0.267 e. The molecule has 0 aliphatic heterocycles. The third-order valence-corrected chi connectivity index (χ3v) is 3.69. The fourth-order valence-electron chi connectivity index (χ4n) is 2.07. The molecule has 1 aliphatic rings. The largest absolute Gasteiger partial charge is 0.493 e. The van der Waals surface area contributed by atoms with Gasteiger partial charge in [-0.15, -0.1) is 0 Å². The van der Waals surface area contributed by atoms with Gasteiger partial charge in [0.25, 0.3) is 11.8 Å². The van der Waals surface area contributed by atoms with Crippen molar-refractivity contribution in [2.45, 2.75) is 38.3 Å². The van der Waals surface area contributed by atoms with Gasteiger partial charge >= 0.3 is 0 Å². The lowest BCUT2D eigenvalue weighted by atomic mass is 9.95. The van der Waals surface area contributed by atoms with Gasteiger partial charge in [-0.25, -0.2) is 5.48 Å². The maximum absolute atomic E-state index is 12.2. The number of amides is 2. The minimum absolute atomic E-state index is 0.378. The number of hydrogen-bond acceptors (Lipinski definition) is 5. The number of nitrogens with two attached hydrogens (primary N) is 1. The van der Waals surface area contributed by atoms with E-state index in [0.717, 1.165) is 0 Å². The Morgan fingerprint density at radius 2 is 1.96 bits per heavy atom. The summed E-state index contributed by atoms with van der Waals surface area (Å²) in [5.41, 5.74) is 6.74. The number of hydroxylamine groups is 1. The van der Waals surface area contributed by atoms with Gasteiger partial charge in [-0.05, 0) is 56.9 Å². The van der Waals surface area contributed by atoms with Crippen molar-refractivity contribution < 1.29 is 19.5 Å². The number of ether oxygens (including phenoxy) is 1. The zero-order chi connectivity index (χ0) is 17.0. The number of nitrogens with one attached hydrogen (secondary N) is 2. The van der Waals surface area contributed by atoms with Gasteiger partial charge in [0.1, 0.15) is 11.8 Å². The Morgan fingerprint density at radius 3 is 2.43 bits per heavy atom. The highest BCUT2D eigenvalue weighted by atomic mass is 16.5. The first-order valence-corrected chi connectivity index (χ1v) is 7.58. The van der Waals surface area contributed by atoms with Gasteiger partial charge in [-0.1, -0.05) is 0 Å². The number of carbonyl (C=O) groups excluding carboxylic acids is 2. The molecule has 1 fully saturated rings. The number of rotatable bonds is 7. The molecule has 0 radical (unpaired) electrons. The van der Waals surface area contributed by atoms with Crippen LogP contribution in [0.3, 0.4) is 0 Å². The van der Waals surface area contributed by atoms with E-state index < -0.39 is 23.4 Å². The highest BCUT2D eigenvalue weighted by molar-refractivity contribution is 5.97. The Morgan fingerprint density at radius 1 is 1.35 bits per heavy atom. The van der Waals surface area contributed by atoms with Crippen LogP contribution in [0.15, 0.2) is 24.3 Å². The molecule has 1 aromatic rings. The Bertz CT molecular complexity index is 562. The molecule has 1 atom stereocenters. The predicted molar refractivity (Wildman–Crippen MR) is 84.1 cm³/mol. The van der Waals surface area contributed by atoms with Crippen LogP contribution in [0.4, 0.5) is 0 Å². The number of hydrogen-bond donors (Lipinski definition) is 4. The summed E-state index contributed by atoms with van der Waals surface area (Å²) >= 11 is 0. The standard InChI is InChI=1S/C16H23N3O4/c1-16(2,17)13(15(21)19-22)18-14(20)11-5-7-12(8-6-11)23-9-10-3-4-10/h5-8,10,13,22H,3-4,9,17H2,1-2H3,(H,18,20)(H,19,21). The molecular formula is C16H23N3O4. The van der Waals surface area contributed by atoms with Crippen LogP contribution in [0.2, 0.25) is 0 Å². The Hall–Kier alpha value is -2.12. The van der Waals surface area contributed by atoms with Gasteiger partial charge in [0, 0.05) is 11.1 Å². The summed E-state index contributed by atoms with van der Waals surface area (Å²) in [5, 5.41) is 11.3. The van der Waals surface area contributed by atoms with E-state index >= 15 is 0 Å². The van der Waals surface area contributed by atoms with Gasteiger partial charge < -0.3 is 15.8 Å². The molecule has 0 bridgehead atoms. The van der Waals surface area contributed by atoms with Crippen LogP contribution >= 0.6 is 0 Å². The van der Waals surface area contributed by atoms with E-state index in [9.17, 15) is 9.59 Å². The minimum Gasteiger partial charge on any atom is -0.493 e. The summed E-state index contributed by atoms with van der Waals surface area (Å²) < 4.78 is 5.61. The van der Waals surface area contributed by atoms with Crippen LogP contribution < -0.4 is 21.3 Å². The van der Waals surface area contributed by atoms with E-state index in [1.54, 1.807) is 38.1 Å². The average Bonchev–Trinajstić information content (AvgIpc) is 3.33. The molecule has 0 saturated heterocycles. The summed E-state index contributed by atoms with van der Waals surface area (Å²) in [6.07, 6.45) is 2.42. The molecular weight excluding hydrogens is 298 g/mol. The van der Waals surface area contributed by atoms with Gasteiger partial charge in [-0.3, -0.25) is 14.8 Å². The molecule has 1 aromatic carbocycles. The Balaban J connectivity index is 1.99. The third-order valence-electron chi connectivity index (χ3n) is 3.69. The summed E-state index contributed by atoms with van der Waals surface area (Å²) in [4.78, 5) is 23.9. The molecule has 0 aromatic heterocycles. The third kappa shape index (κ3) is 4.94. The average molecular weight is 321 g/mol. The molecule has 1 saturated carbocycles. The van der Waals surface area contributed by atoms with Crippen LogP contribution in [0, 0.1) is 5.92 Å². The maximum Gasteiger partial charge on any atom is 0.267 e. The molecule has 1 aliphatic carbocycles. The van der Waals surface area contributed by atoms with Crippen LogP contribution in [-0.4, -0.2) is 35.2 Å². The van der Waals surface area contributed by atoms with Crippen molar-refractivity contribution in [2.75, 3.05) is 6.61 Å². The quantitative estimate of drug-likeness (QED) is 0.438. The van der Waals surface area contributed by atoms with Gasteiger partial charge in [-0.2, -0.15) is 0 Å². The summed E-state index contributed by atoms with van der Waals surface area (Å²) in [6, 6.07) is 5.60. The van der Waals surface area contributed by atoms with E-state index in [4.69, 9.17) is 15.7 Å².